The number of carbonyl (C=O) groups is 1. The molecule has 0 aliphatic carbocycles. The minimum Gasteiger partial charge on any atom is -0.493 e. The molecule has 2 aromatic carbocycles. The van der Waals surface area contributed by atoms with Gasteiger partial charge in [-0.1, -0.05) is 23.7 Å². The molecule has 0 unspecified atom stereocenters. The molecule has 0 N–H and O–H groups in total. The number of rotatable bonds is 4. The summed E-state index contributed by atoms with van der Waals surface area (Å²) in [7, 11) is 0. The molecule has 3 aromatic rings. The molecule has 0 saturated carbocycles. The van der Waals surface area contributed by atoms with Crippen molar-refractivity contribution in [3.8, 4) is 11.5 Å². The van der Waals surface area contributed by atoms with Crippen LogP contribution < -0.4 is 15.1 Å². The highest BCUT2D eigenvalue weighted by molar-refractivity contribution is 6.33. The Balaban J connectivity index is 1.99. The van der Waals surface area contributed by atoms with Crippen molar-refractivity contribution in [3.05, 3.63) is 69.0 Å². The molecule has 0 bridgehead atoms. The minimum absolute atomic E-state index is 0.110. The van der Waals surface area contributed by atoms with Crippen LogP contribution in [0.4, 0.5) is 0 Å². The van der Waals surface area contributed by atoms with E-state index in [1.165, 1.54) is 12.1 Å². The van der Waals surface area contributed by atoms with E-state index in [1.807, 2.05) is 6.92 Å². The van der Waals surface area contributed by atoms with Gasteiger partial charge in [-0.05, 0) is 37.6 Å². The summed E-state index contributed by atoms with van der Waals surface area (Å²) in [4.78, 5) is 24.0. The zero-order valence-electron chi connectivity index (χ0n) is 13.7. The molecule has 0 saturated heterocycles. The van der Waals surface area contributed by atoms with Gasteiger partial charge in [0.15, 0.2) is 5.75 Å². The normalized spacial score (nSPS) is 10.7. The van der Waals surface area contributed by atoms with Crippen LogP contribution in [0, 0.1) is 6.92 Å². The lowest BCUT2D eigenvalue weighted by Crippen LogP contribution is -2.11. The highest BCUT2D eigenvalue weighted by atomic mass is 35.5. The SMILES string of the molecule is CCOc1ccccc1C(=O)Oc1cc2oc(=O)cc(C)c2cc1Cl. The molecule has 0 spiro atoms. The van der Waals surface area contributed by atoms with Crippen LogP contribution in [-0.2, 0) is 0 Å². The third-order valence-electron chi connectivity index (χ3n) is 3.61. The largest absolute Gasteiger partial charge is 0.493 e. The molecular weight excluding hydrogens is 344 g/mol. The van der Waals surface area contributed by atoms with Crippen molar-refractivity contribution >= 4 is 28.5 Å². The van der Waals surface area contributed by atoms with Crippen molar-refractivity contribution in [1.82, 2.24) is 0 Å². The summed E-state index contributed by atoms with van der Waals surface area (Å²) in [6.45, 7) is 4.03. The Morgan fingerprint density at radius 3 is 2.68 bits per heavy atom. The molecule has 5 nitrogen and oxygen atoms in total. The van der Waals surface area contributed by atoms with E-state index in [0.29, 0.717) is 23.3 Å². The summed E-state index contributed by atoms with van der Waals surface area (Å²) in [6, 6.07) is 11.2. The molecule has 3 rings (SSSR count). The lowest BCUT2D eigenvalue weighted by Gasteiger charge is -2.11. The quantitative estimate of drug-likeness (QED) is 0.393. The summed E-state index contributed by atoms with van der Waals surface area (Å²) in [5.41, 5.74) is 0.834. The van der Waals surface area contributed by atoms with Crippen LogP contribution in [0.2, 0.25) is 5.02 Å². The Labute approximate surface area is 148 Å². The first-order chi connectivity index (χ1) is 12.0. The predicted octanol–water partition coefficient (Wildman–Crippen LogP) is 4.37. The van der Waals surface area contributed by atoms with E-state index >= 15 is 0 Å². The van der Waals surface area contributed by atoms with Gasteiger partial charge in [0.05, 0.1) is 11.6 Å². The highest BCUT2D eigenvalue weighted by Crippen LogP contribution is 2.32. The average Bonchev–Trinajstić information content (AvgIpc) is 2.57. The number of fused-ring (bicyclic) bond motifs is 1. The summed E-state index contributed by atoms with van der Waals surface area (Å²) >= 11 is 6.22. The maximum atomic E-state index is 12.5. The zero-order valence-corrected chi connectivity index (χ0v) is 14.4. The van der Waals surface area contributed by atoms with Crippen LogP contribution in [0.15, 0.2) is 51.7 Å². The van der Waals surface area contributed by atoms with Crippen molar-refractivity contribution in [3.63, 3.8) is 0 Å². The summed E-state index contributed by atoms with van der Waals surface area (Å²) < 4.78 is 16.0. The molecule has 1 aromatic heterocycles. The number of esters is 1. The Hall–Kier alpha value is -2.79. The van der Waals surface area contributed by atoms with Gasteiger partial charge in [-0.2, -0.15) is 0 Å². The highest BCUT2D eigenvalue weighted by Gasteiger charge is 2.17. The lowest BCUT2D eigenvalue weighted by atomic mass is 10.1. The molecule has 128 valence electrons. The third kappa shape index (κ3) is 3.51. The van der Waals surface area contributed by atoms with Crippen LogP contribution >= 0.6 is 11.6 Å². The fourth-order valence-corrected chi connectivity index (χ4v) is 2.67. The second kappa shape index (κ2) is 6.99. The van der Waals surface area contributed by atoms with Gasteiger partial charge in [0.25, 0.3) is 0 Å². The lowest BCUT2D eigenvalue weighted by molar-refractivity contribution is 0.0730. The van der Waals surface area contributed by atoms with Gasteiger partial charge in [0.1, 0.15) is 16.9 Å². The van der Waals surface area contributed by atoms with Crippen LogP contribution in [0.3, 0.4) is 0 Å². The number of aryl methyl sites for hydroxylation is 1. The van der Waals surface area contributed by atoms with Gasteiger partial charge in [-0.15, -0.1) is 0 Å². The first-order valence-electron chi connectivity index (χ1n) is 7.67. The number of hydrogen-bond acceptors (Lipinski definition) is 5. The average molecular weight is 359 g/mol. The molecule has 1 heterocycles. The van der Waals surface area contributed by atoms with E-state index in [4.69, 9.17) is 25.5 Å². The second-order valence-electron chi connectivity index (χ2n) is 5.35. The number of hydrogen-bond donors (Lipinski definition) is 0. The van der Waals surface area contributed by atoms with Crippen molar-refractivity contribution in [2.24, 2.45) is 0 Å². The molecule has 0 aliphatic rings. The maximum Gasteiger partial charge on any atom is 0.347 e. The van der Waals surface area contributed by atoms with Crippen molar-refractivity contribution in [2.75, 3.05) is 6.61 Å². The molecule has 0 radical (unpaired) electrons. The van der Waals surface area contributed by atoms with Gasteiger partial charge >= 0.3 is 11.6 Å². The monoisotopic (exact) mass is 358 g/mol. The summed E-state index contributed by atoms with van der Waals surface area (Å²) in [5.74, 6) is -0.0752. The standard InChI is InChI=1S/C19H15ClO5/c1-3-23-15-7-5-4-6-12(15)19(22)25-17-10-16-13(9-14(17)20)11(2)8-18(21)24-16/h4-10H,3H2,1-2H3. The first kappa shape index (κ1) is 17.0. The maximum absolute atomic E-state index is 12.5. The van der Waals surface area contributed by atoms with Crippen LogP contribution in [0.1, 0.15) is 22.8 Å². The zero-order chi connectivity index (χ0) is 18.0. The smallest absolute Gasteiger partial charge is 0.347 e. The molecule has 0 amide bonds. The van der Waals surface area contributed by atoms with Gasteiger partial charge in [-0.25, -0.2) is 9.59 Å². The van der Waals surface area contributed by atoms with Crippen molar-refractivity contribution in [2.45, 2.75) is 13.8 Å². The topological polar surface area (TPSA) is 65.7 Å². The van der Waals surface area contributed by atoms with E-state index in [0.717, 1.165) is 5.56 Å². The predicted molar refractivity (Wildman–Crippen MR) is 94.8 cm³/mol. The number of benzene rings is 2. The number of ether oxygens (including phenoxy) is 2. The van der Waals surface area contributed by atoms with E-state index in [-0.39, 0.29) is 16.3 Å². The fraction of sp³-hybridized carbons (Fsp3) is 0.158. The molecule has 0 fully saturated rings. The van der Waals surface area contributed by atoms with Crippen LogP contribution in [-0.4, -0.2) is 12.6 Å². The van der Waals surface area contributed by atoms with E-state index < -0.39 is 11.6 Å². The number of carbonyl (C=O) groups excluding carboxylic acids is 1. The Morgan fingerprint density at radius 1 is 1.16 bits per heavy atom. The summed E-state index contributed by atoms with van der Waals surface area (Å²) in [6.07, 6.45) is 0. The third-order valence-corrected chi connectivity index (χ3v) is 3.91. The molecule has 0 aliphatic heterocycles. The summed E-state index contributed by atoms with van der Waals surface area (Å²) in [5, 5.41) is 0.922. The van der Waals surface area contributed by atoms with Crippen LogP contribution in [0.5, 0.6) is 11.5 Å². The molecular formula is C19H15ClO5. The van der Waals surface area contributed by atoms with Gasteiger partial charge in [-0.3, -0.25) is 0 Å². The Bertz CT molecular complexity index is 1010. The fourth-order valence-electron chi connectivity index (χ4n) is 2.47. The second-order valence-corrected chi connectivity index (χ2v) is 5.75. The molecule has 25 heavy (non-hydrogen) atoms. The number of halogens is 1. The van der Waals surface area contributed by atoms with Gasteiger partial charge in [0.2, 0.25) is 0 Å². The van der Waals surface area contributed by atoms with Crippen molar-refractivity contribution < 1.29 is 18.7 Å². The Kier molecular flexibility index (Phi) is 4.76. The Morgan fingerprint density at radius 2 is 1.92 bits per heavy atom. The first-order valence-corrected chi connectivity index (χ1v) is 8.05. The molecule has 0 atom stereocenters. The number of para-hydroxylation sites is 1. The van der Waals surface area contributed by atoms with Crippen molar-refractivity contribution in [1.29, 1.82) is 0 Å². The van der Waals surface area contributed by atoms with Crippen LogP contribution in [0.25, 0.3) is 11.0 Å². The van der Waals surface area contributed by atoms with E-state index in [2.05, 4.69) is 0 Å². The van der Waals surface area contributed by atoms with Gasteiger partial charge in [0, 0.05) is 17.5 Å². The van der Waals surface area contributed by atoms with Gasteiger partial charge < -0.3 is 13.9 Å². The van der Waals surface area contributed by atoms with E-state index in [1.54, 1.807) is 37.3 Å². The molecule has 6 heteroatoms. The van der Waals surface area contributed by atoms with E-state index in [9.17, 15) is 9.59 Å². The minimum atomic E-state index is -0.611.